The number of hydrogen-bond donors (Lipinski definition) is 2. The molecule has 2 aliphatic heterocycles. The average Bonchev–Trinajstić information content (AvgIpc) is 3.55. The van der Waals surface area contributed by atoms with Gasteiger partial charge in [-0.05, 0) is 53.6 Å². The zero-order chi connectivity index (χ0) is 28.9. The summed E-state index contributed by atoms with van der Waals surface area (Å²) in [6.07, 6.45) is 5.86. The van der Waals surface area contributed by atoms with Crippen molar-refractivity contribution < 1.29 is 9.59 Å². The number of halogens is 1. The van der Waals surface area contributed by atoms with E-state index in [1.54, 1.807) is 12.7 Å². The molecule has 4 aromatic rings. The van der Waals surface area contributed by atoms with Crippen LogP contribution >= 0.6 is 11.6 Å². The molecule has 3 aromatic carbocycles. The fourth-order valence-electron chi connectivity index (χ4n) is 6.30. The maximum atomic E-state index is 14.1. The first kappa shape index (κ1) is 28.1. The highest BCUT2D eigenvalue weighted by atomic mass is 35.5. The molecule has 2 atom stereocenters. The molecular formula is C33H35ClN6O2. The first-order chi connectivity index (χ1) is 20.5. The number of nitrogens with zero attached hydrogens (tertiary/aromatic N) is 4. The van der Waals surface area contributed by atoms with Crippen molar-refractivity contribution in [3.8, 4) is 0 Å². The maximum Gasteiger partial charge on any atom is 0.245 e. The molecule has 2 aliphatic rings. The van der Waals surface area contributed by atoms with Gasteiger partial charge in [0.25, 0.3) is 0 Å². The summed E-state index contributed by atoms with van der Waals surface area (Å²) in [5.41, 5.74) is 4.39. The van der Waals surface area contributed by atoms with Crippen LogP contribution in [0.2, 0.25) is 5.02 Å². The zero-order valence-corrected chi connectivity index (χ0v) is 24.2. The minimum absolute atomic E-state index is 0.0584. The zero-order valence-electron chi connectivity index (χ0n) is 23.5. The van der Waals surface area contributed by atoms with E-state index in [0.717, 1.165) is 24.0 Å². The van der Waals surface area contributed by atoms with E-state index < -0.39 is 12.1 Å². The predicted molar refractivity (Wildman–Crippen MR) is 162 cm³/mol. The van der Waals surface area contributed by atoms with Gasteiger partial charge in [0.1, 0.15) is 18.7 Å². The molecule has 0 bridgehead atoms. The predicted octanol–water partition coefficient (Wildman–Crippen LogP) is 3.93. The van der Waals surface area contributed by atoms with Crippen LogP contribution in [0.1, 0.15) is 35.1 Å². The molecule has 0 spiro atoms. The Morgan fingerprint density at radius 3 is 2.40 bits per heavy atom. The molecule has 216 valence electrons. The summed E-state index contributed by atoms with van der Waals surface area (Å²) < 4.78 is 1.88. The Labute approximate surface area is 251 Å². The first-order valence-corrected chi connectivity index (χ1v) is 14.9. The molecule has 9 heteroatoms. The van der Waals surface area contributed by atoms with E-state index in [1.165, 1.54) is 11.1 Å². The van der Waals surface area contributed by atoms with Gasteiger partial charge in [0.15, 0.2) is 0 Å². The molecule has 2 N–H and O–H groups in total. The Balaban J connectivity index is 1.19. The SMILES string of the molecule is O=C(N[C@H](Cc1ccc(Cl)cc1)C(=O)N1CCC(Cn2cncn2)(c2ccccc2)CC1)[C@@H]1Cc2ccccc2CN1. The second-order valence-electron chi connectivity index (χ2n) is 11.4. The van der Waals surface area contributed by atoms with Crippen molar-refractivity contribution in [1.29, 1.82) is 0 Å². The number of fused-ring (bicyclic) bond motifs is 1. The van der Waals surface area contributed by atoms with Crippen molar-refractivity contribution in [3.63, 3.8) is 0 Å². The first-order valence-electron chi connectivity index (χ1n) is 14.5. The van der Waals surface area contributed by atoms with Gasteiger partial charge in [0.2, 0.25) is 11.8 Å². The van der Waals surface area contributed by atoms with Crippen LogP contribution in [0.15, 0.2) is 91.5 Å². The van der Waals surface area contributed by atoms with Crippen molar-refractivity contribution in [2.75, 3.05) is 13.1 Å². The van der Waals surface area contributed by atoms with E-state index in [9.17, 15) is 9.59 Å². The van der Waals surface area contributed by atoms with Gasteiger partial charge in [-0.15, -0.1) is 0 Å². The van der Waals surface area contributed by atoms with Gasteiger partial charge >= 0.3 is 0 Å². The minimum atomic E-state index is -0.683. The van der Waals surface area contributed by atoms with Gasteiger partial charge in [-0.2, -0.15) is 5.10 Å². The van der Waals surface area contributed by atoms with Crippen LogP contribution in [0.25, 0.3) is 0 Å². The third kappa shape index (κ3) is 6.25. The number of piperidine rings is 1. The van der Waals surface area contributed by atoms with Crippen LogP contribution in [0, 0.1) is 0 Å². The molecule has 8 nitrogen and oxygen atoms in total. The monoisotopic (exact) mass is 582 g/mol. The van der Waals surface area contributed by atoms with E-state index in [-0.39, 0.29) is 17.2 Å². The average molecular weight is 583 g/mol. The lowest BCUT2D eigenvalue weighted by Crippen LogP contribution is -2.57. The Kier molecular flexibility index (Phi) is 8.35. The van der Waals surface area contributed by atoms with Crippen molar-refractivity contribution >= 4 is 23.4 Å². The summed E-state index contributed by atoms with van der Waals surface area (Å²) in [7, 11) is 0. The number of benzene rings is 3. The van der Waals surface area contributed by atoms with E-state index in [1.807, 2.05) is 52.0 Å². The third-order valence-corrected chi connectivity index (χ3v) is 8.97. The topological polar surface area (TPSA) is 92.2 Å². The smallest absolute Gasteiger partial charge is 0.245 e. The second-order valence-corrected chi connectivity index (χ2v) is 11.8. The van der Waals surface area contributed by atoms with Crippen LogP contribution in [-0.2, 0) is 40.9 Å². The fraction of sp³-hybridized carbons (Fsp3) is 0.333. The van der Waals surface area contributed by atoms with E-state index in [4.69, 9.17) is 11.6 Å². The highest BCUT2D eigenvalue weighted by molar-refractivity contribution is 6.30. The standard InChI is InChI=1S/C33H35ClN6O2/c34-28-12-10-24(11-13-28)18-30(38-31(41)29-19-25-6-4-5-7-26(25)20-36-29)32(42)39-16-14-33(15-17-39,21-40-23-35-22-37-40)27-8-2-1-3-9-27/h1-13,22-23,29-30,36H,14-21H2,(H,38,41)/t29-,30+/m0/s1. The highest BCUT2D eigenvalue weighted by Crippen LogP contribution is 2.37. The van der Waals surface area contributed by atoms with E-state index in [2.05, 4.69) is 57.1 Å². The number of hydrogen-bond acceptors (Lipinski definition) is 5. The van der Waals surface area contributed by atoms with Crippen LogP contribution < -0.4 is 10.6 Å². The lowest BCUT2D eigenvalue weighted by Gasteiger charge is -2.43. The summed E-state index contributed by atoms with van der Waals surface area (Å²) in [6.45, 7) is 2.50. The Bertz CT molecular complexity index is 1500. The number of likely N-dealkylation sites (tertiary alicyclic amines) is 1. The van der Waals surface area contributed by atoms with Gasteiger partial charge in [0.05, 0.1) is 12.6 Å². The second kappa shape index (κ2) is 12.5. The Hall–Kier alpha value is -4.01. The normalized spacial score (nSPS) is 18.6. The minimum Gasteiger partial charge on any atom is -0.343 e. The number of carbonyl (C=O) groups is 2. The van der Waals surface area contributed by atoms with Crippen LogP contribution in [0.5, 0.6) is 0 Å². The van der Waals surface area contributed by atoms with E-state index >= 15 is 0 Å². The van der Waals surface area contributed by atoms with Gasteiger partial charge in [0, 0.05) is 36.5 Å². The summed E-state index contributed by atoms with van der Waals surface area (Å²) >= 11 is 6.12. The van der Waals surface area contributed by atoms with Crippen molar-refractivity contribution in [2.45, 2.75) is 56.3 Å². The largest absolute Gasteiger partial charge is 0.343 e. The Morgan fingerprint density at radius 1 is 0.976 bits per heavy atom. The molecule has 1 fully saturated rings. The fourth-order valence-corrected chi connectivity index (χ4v) is 6.42. The van der Waals surface area contributed by atoms with Crippen LogP contribution in [-0.4, -0.2) is 56.7 Å². The summed E-state index contributed by atoms with van der Waals surface area (Å²) in [5, 5.41) is 11.5. The van der Waals surface area contributed by atoms with Gasteiger partial charge in [-0.25, -0.2) is 4.98 Å². The summed E-state index contributed by atoms with van der Waals surface area (Å²) in [4.78, 5) is 33.7. The molecule has 2 amide bonds. The molecule has 0 saturated carbocycles. The number of carbonyl (C=O) groups excluding carboxylic acids is 2. The molecule has 6 rings (SSSR count). The third-order valence-electron chi connectivity index (χ3n) is 8.72. The number of nitrogens with one attached hydrogen (secondary N) is 2. The number of amides is 2. The molecule has 1 saturated heterocycles. The maximum absolute atomic E-state index is 14.1. The van der Waals surface area contributed by atoms with E-state index in [0.29, 0.717) is 44.0 Å². The lowest BCUT2D eigenvalue weighted by atomic mass is 9.72. The van der Waals surface area contributed by atoms with Crippen molar-refractivity contribution in [2.24, 2.45) is 0 Å². The lowest BCUT2D eigenvalue weighted by molar-refractivity contribution is -0.138. The molecule has 0 unspecified atom stereocenters. The van der Waals surface area contributed by atoms with Crippen LogP contribution in [0.4, 0.5) is 0 Å². The number of aromatic nitrogens is 3. The van der Waals surface area contributed by atoms with Crippen LogP contribution in [0.3, 0.4) is 0 Å². The molecule has 0 radical (unpaired) electrons. The molecule has 3 heterocycles. The summed E-state index contributed by atoms with van der Waals surface area (Å²) in [5.74, 6) is -0.212. The molecule has 1 aromatic heterocycles. The molecular weight excluding hydrogens is 548 g/mol. The van der Waals surface area contributed by atoms with Gasteiger partial charge in [-0.1, -0.05) is 78.3 Å². The highest BCUT2D eigenvalue weighted by Gasteiger charge is 2.40. The van der Waals surface area contributed by atoms with Gasteiger partial charge in [-0.3, -0.25) is 14.3 Å². The van der Waals surface area contributed by atoms with Crippen molar-refractivity contribution in [3.05, 3.63) is 119 Å². The van der Waals surface area contributed by atoms with Crippen molar-refractivity contribution in [1.82, 2.24) is 30.3 Å². The quantitative estimate of drug-likeness (QED) is 0.328. The Morgan fingerprint density at radius 2 is 1.69 bits per heavy atom. The number of rotatable bonds is 8. The summed E-state index contributed by atoms with van der Waals surface area (Å²) in [6, 6.07) is 25.0. The molecule has 0 aliphatic carbocycles. The van der Waals surface area contributed by atoms with Gasteiger partial charge < -0.3 is 15.5 Å². The molecule has 42 heavy (non-hydrogen) atoms.